The predicted molar refractivity (Wildman–Crippen MR) is 115 cm³/mol. The zero-order chi connectivity index (χ0) is 20.2. The summed E-state index contributed by atoms with van der Waals surface area (Å²) in [6, 6.07) is 7.49. The van der Waals surface area contributed by atoms with Gasteiger partial charge in [0.05, 0.1) is 22.9 Å². The van der Waals surface area contributed by atoms with Gasteiger partial charge in [0.2, 0.25) is 5.91 Å². The molecule has 2 aromatic rings. The van der Waals surface area contributed by atoms with E-state index in [-0.39, 0.29) is 16.9 Å². The van der Waals surface area contributed by atoms with Gasteiger partial charge in [-0.3, -0.25) is 14.7 Å². The molecule has 7 heteroatoms. The van der Waals surface area contributed by atoms with E-state index >= 15 is 0 Å². The number of nitrogens with one attached hydrogen (secondary N) is 2. The molecule has 6 nitrogen and oxygen atoms in total. The number of rotatable bonds is 4. The van der Waals surface area contributed by atoms with Crippen LogP contribution in [0.3, 0.4) is 0 Å². The molecule has 29 heavy (non-hydrogen) atoms. The number of aryl methyl sites for hydroxylation is 1. The van der Waals surface area contributed by atoms with Gasteiger partial charge in [-0.15, -0.1) is 0 Å². The molecule has 4 fully saturated rings. The Balaban J connectivity index is 1.33. The van der Waals surface area contributed by atoms with Crippen LogP contribution in [0.4, 0.5) is 0 Å². The molecule has 0 unspecified atom stereocenters. The van der Waals surface area contributed by atoms with Gasteiger partial charge >= 0.3 is 0 Å². The molecule has 4 aliphatic rings. The molecule has 152 valence electrons. The molecular weight excluding hydrogens is 432 g/mol. The first-order chi connectivity index (χ1) is 13.9. The maximum Gasteiger partial charge on any atom is 0.280 e. The summed E-state index contributed by atoms with van der Waals surface area (Å²) >= 11 is 3.40. The monoisotopic (exact) mass is 456 g/mol. The Labute approximate surface area is 177 Å². The number of aromatic amines is 1. The van der Waals surface area contributed by atoms with Crippen molar-refractivity contribution in [3.8, 4) is 5.69 Å². The minimum Gasteiger partial charge on any atom is -0.295 e. The van der Waals surface area contributed by atoms with E-state index in [4.69, 9.17) is 0 Å². The molecule has 1 aromatic heterocycles. The van der Waals surface area contributed by atoms with Crippen LogP contribution in [0.25, 0.3) is 5.69 Å². The highest BCUT2D eigenvalue weighted by atomic mass is 79.9. The van der Waals surface area contributed by atoms with Gasteiger partial charge in [0.1, 0.15) is 0 Å². The third-order valence-electron chi connectivity index (χ3n) is 7.08. The molecule has 6 rings (SSSR count). The number of amides is 1. The van der Waals surface area contributed by atoms with Gasteiger partial charge in [-0.05, 0) is 87.5 Å². The fourth-order valence-electron chi connectivity index (χ4n) is 6.15. The normalized spacial score (nSPS) is 30.2. The Morgan fingerprint density at radius 1 is 1.17 bits per heavy atom. The number of hydrogen-bond donors (Lipinski definition) is 2. The largest absolute Gasteiger partial charge is 0.295 e. The first-order valence-electron chi connectivity index (χ1n) is 10.3. The van der Waals surface area contributed by atoms with E-state index in [2.05, 4.69) is 31.6 Å². The lowest BCUT2D eigenvalue weighted by Crippen LogP contribution is -2.52. The number of carbonyl (C=O) groups is 1. The lowest BCUT2D eigenvalue weighted by atomic mass is 9.49. The Kier molecular flexibility index (Phi) is 4.53. The van der Waals surface area contributed by atoms with Gasteiger partial charge in [-0.1, -0.05) is 15.9 Å². The topological polar surface area (TPSA) is 79.2 Å². The molecule has 4 saturated carbocycles. The highest BCUT2D eigenvalue weighted by molar-refractivity contribution is 9.10. The number of halogens is 1. The lowest BCUT2D eigenvalue weighted by Gasteiger charge is -2.55. The molecule has 0 aliphatic heterocycles. The molecule has 0 saturated heterocycles. The molecular formula is C22H25BrN4O2. The second-order valence-corrected chi connectivity index (χ2v) is 10.1. The quantitative estimate of drug-likeness (QED) is 0.540. The predicted octanol–water partition coefficient (Wildman–Crippen LogP) is 3.90. The molecule has 1 amide bonds. The number of aromatic nitrogens is 2. The Bertz CT molecular complexity index is 999. The number of hydrogen-bond acceptors (Lipinski definition) is 3. The Morgan fingerprint density at radius 2 is 1.76 bits per heavy atom. The number of hydrazone groups is 1. The van der Waals surface area contributed by atoms with Crippen molar-refractivity contribution < 1.29 is 4.79 Å². The first kappa shape index (κ1) is 18.9. The summed E-state index contributed by atoms with van der Waals surface area (Å²) in [5.74, 6) is 2.16. The van der Waals surface area contributed by atoms with Gasteiger partial charge in [0.15, 0.2) is 0 Å². The van der Waals surface area contributed by atoms with Gasteiger partial charge in [-0.2, -0.15) is 5.10 Å². The summed E-state index contributed by atoms with van der Waals surface area (Å²) < 4.78 is 2.44. The second-order valence-electron chi connectivity index (χ2n) is 9.16. The van der Waals surface area contributed by atoms with Gasteiger partial charge in [-0.25, -0.2) is 10.1 Å². The van der Waals surface area contributed by atoms with E-state index in [1.165, 1.54) is 30.2 Å². The van der Waals surface area contributed by atoms with Crippen LogP contribution in [0.15, 0.2) is 38.6 Å². The van der Waals surface area contributed by atoms with E-state index in [0.717, 1.165) is 29.4 Å². The van der Waals surface area contributed by atoms with Crippen LogP contribution in [0.5, 0.6) is 0 Å². The van der Waals surface area contributed by atoms with Crippen LogP contribution in [-0.2, 0) is 4.79 Å². The highest BCUT2D eigenvalue weighted by Crippen LogP contribution is 2.60. The summed E-state index contributed by atoms with van der Waals surface area (Å²) in [6.07, 6.45) is 8.37. The average Bonchev–Trinajstić information content (AvgIpc) is 2.95. The van der Waals surface area contributed by atoms with E-state index < -0.39 is 0 Å². The molecule has 0 atom stereocenters. The molecule has 4 bridgehead atoms. The van der Waals surface area contributed by atoms with Crippen molar-refractivity contribution in [3.05, 3.63) is 50.3 Å². The van der Waals surface area contributed by atoms with E-state index in [0.29, 0.717) is 29.0 Å². The SMILES string of the molecule is Cc1[nH]n(-c2ccc(Br)cc2)c(=O)c1C=NNC(=O)C12CC3CC(CC(C3)C1)C2. The van der Waals surface area contributed by atoms with Crippen molar-refractivity contribution in [2.75, 3.05) is 0 Å². The van der Waals surface area contributed by atoms with Crippen LogP contribution in [-0.4, -0.2) is 21.9 Å². The minimum atomic E-state index is -0.239. The molecule has 1 heterocycles. The summed E-state index contributed by atoms with van der Waals surface area (Å²) in [5, 5.41) is 7.26. The van der Waals surface area contributed by atoms with Gasteiger partial charge in [0.25, 0.3) is 5.56 Å². The van der Waals surface area contributed by atoms with E-state index in [1.807, 2.05) is 31.2 Å². The zero-order valence-electron chi connectivity index (χ0n) is 16.5. The molecule has 2 N–H and O–H groups in total. The van der Waals surface area contributed by atoms with Crippen LogP contribution in [0, 0.1) is 30.1 Å². The summed E-state index contributed by atoms with van der Waals surface area (Å²) in [6.45, 7) is 1.83. The first-order valence-corrected chi connectivity index (χ1v) is 11.1. The maximum atomic E-state index is 13.0. The maximum absolute atomic E-state index is 13.0. The molecule has 1 aromatic carbocycles. The fourth-order valence-corrected chi connectivity index (χ4v) is 6.41. The number of H-pyrrole nitrogens is 1. The molecule has 0 radical (unpaired) electrons. The lowest BCUT2D eigenvalue weighted by molar-refractivity contribution is -0.146. The van der Waals surface area contributed by atoms with Crippen LogP contribution >= 0.6 is 15.9 Å². The van der Waals surface area contributed by atoms with E-state index in [9.17, 15) is 9.59 Å². The fraction of sp³-hybridized carbons (Fsp3) is 0.500. The number of carbonyl (C=O) groups excluding carboxylic acids is 1. The van der Waals surface area contributed by atoms with Crippen molar-refractivity contribution in [2.45, 2.75) is 45.4 Å². The summed E-state index contributed by atoms with van der Waals surface area (Å²) in [5.41, 5.74) is 4.26. The van der Waals surface area contributed by atoms with Crippen molar-refractivity contribution >= 4 is 28.1 Å². The minimum absolute atomic E-state index is 0.0364. The molecule has 4 aliphatic carbocycles. The van der Waals surface area contributed by atoms with E-state index in [1.54, 1.807) is 0 Å². The van der Waals surface area contributed by atoms with Crippen molar-refractivity contribution in [1.82, 2.24) is 15.2 Å². The van der Waals surface area contributed by atoms with Crippen molar-refractivity contribution in [3.63, 3.8) is 0 Å². The third kappa shape index (κ3) is 3.29. The van der Waals surface area contributed by atoms with Crippen LogP contribution < -0.4 is 11.0 Å². The smallest absolute Gasteiger partial charge is 0.280 e. The van der Waals surface area contributed by atoms with Gasteiger partial charge < -0.3 is 0 Å². The summed E-state index contributed by atoms with van der Waals surface area (Å²) in [7, 11) is 0. The van der Waals surface area contributed by atoms with Crippen LogP contribution in [0.2, 0.25) is 0 Å². The van der Waals surface area contributed by atoms with Crippen LogP contribution in [0.1, 0.15) is 49.8 Å². The second kappa shape index (κ2) is 6.97. The van der Waals surface area contributed by atoms with Crippen molar-refractivity contribution in [1.29, 1.82) is 0 Å². The summed E-state index contributed by atoms with van der Waals surface area (Å²) in [4.78, 5) is 25.8. The van der Waals surface area contributed by atoms with Crippen molar-refractivity contribution in [2.24, 2.45) is 28.3 Å². The average molecular weight is 457 g/mol. The van der Waals surface area contributed by atoms with Gasteiger partial charge in [0, 0.05) is 10.2 Å². The zero-order valence-corrected chi connectivity index (χ0v) is 18.0. The third-order valence-corrected chi connectivity index (χ3v) is 7.61. The number of benzene rings is 1. The number of nitrogens with zero attached hydrogens (tertiary/aromatic N) is 2. The Morgan fingerprint density at radius 3 is 2.34 bits per heavy atom. The molecule has 0 spiro atoms. The standard InChI is InChI=1S/C22H25BrN4O2/c1-13-19(20(28)27(26-13)18-4-2-17(23)3-5-18)12-24-25-21(29)22-9-14-6-15(10-22)8-16(7-14)11-22/h2-5,12,14-16,26H,6-11H2,1H3,(H,25,29). The Hall–Kier alpha value is -2.15. The highest BCUT2D eigenvalue weighted by Gasteiger charge is 2.54.